The second-order valence-electron chi connectivity index (χ2n) is 4.96. The van der Waals surface area contributed by atoms with Gasteiger partial charge in [0.1, 0.15) is 17.1 Å². The Morgan fingerprint density at radius 3 is 2.81 bits per heavy atom. The number of hydrogen-bond donors (Lipinski definition) is 0. The smallest absolute Gasteiger partial charge is 0.245 e. The van der Waals surface area contributed by atoms with E-state index in [1.807, 2.05) is 6.07 Å². The summed E-state index contributed by atoms with van der Waals surface area (Å²) in [5, 5.41) is 4.46. The summed E-state index contributed by atoms with van der Waals surface area (Å²) in [5.41, 5.74) is 1.71. The Labute approximate surface area is 129 Å². The Morgan fingerprint density at radius 1 is 1.29 bits per heavy atom. The van der Waals surface area contributed by atoms with E-state index in [9.17, 15) is 4.39 Å². The molecule has 0 fully saturated rings. The van der Waals surface area contributed by atoms with Crippen LogP contribution < -0.4 is 4.74 Å². The summed E-state index contributed by atoms with van der Waals surface area (Å²) in [7, 11) is 0. The lowest BCUT2D eigenvalue weighted by molar-refractivity contribution is 0.460. The number of ether oxygens (including phenoxy) is 1. The van der Waals surface area contributed by atoms with Crippen molar-refractivity contribution >= 4 is 21.4 Å². The third-order valence-corrected chi connectivity index (χ3v) is 3.71. The van der Waals surface area contributed by atoms with E-state index in [1.54, 1.807) is 29.0 Å². The number of nitrogens with zero attached hydrogens (tertiary/aromatic N) is 3. The van der Waals surface area contributed by atoms with Crippen LogP contribution in [0.15, 0.2) is 41.1 Å². The first-order chi connectivity index (χ1) is 10.0. The van der Waals surface area contributed by atoms with Crippen molar-refractivity contribution in [3.8, 4) is 11.6 Å². The molecule has 0 unspecified atom stereocenters. The molecular formula is C15H13BrFN3O. The number of fused-ring (bicyclic) bond motifs is 1. The van der Waals surface area contributed by atoms with Crippen LogP contribution in [-0.2, 0) is 0 Å². The lowest BCUT2D eigenvalue weighted by Gasteiger charge is -2.06. The van der Waals surface area contributed by atoms with Crippen LogP contribution in [0.5, 0.6) is 11.6 Å². The molecule has 0 aliphatic heterocycles. The minimum absolute atomic E-state index is 0.308. The van der Waals surface area contributed by atoms with E-state index >= 15 is 0 Å². The predicted molar refractivity (Wildman–Crippen MR) is 81.3 cm³/mol. The summed E-state index contributed by atoms with van der Waals surface area (Å²) in [4.78, 5) is 4.21. The van der Waals surface area contributed by atoms with Crippen LogP contribution in [0.25, 0.3) is 5.52 Å². The van der Waals surface area contributed by atoms with Gasteiger partial charge < -0.3 is 4.74 Å². The molecule has 0 saturated heterocycles. The Bertz CT molecular complexity index is 801. The molecule has 1 aromatic carbocycles. The average molecular weight is 350 g/mol. The van der Waals surface area contributed by atoms with E-state index in [0.717, 1.165) is 11.2 Å². The van der Waals surface area contributed by atoms with Gasteiger partial charge in [0.15, 0.2) is 0 Å². The monoisotopic (exact) mass is 349 g/mol. The summed E-state index contributed by atoms with van der Waals surface area (Å²) in [5.74, 6) is 0.723. The molecule has 108 valence electrons. The maximum absolute atomic E-state index is 13.5. The van der Waals surface area contributed by atoms with Crippen LogP contribution in [0.4, 0.5) is 4.39 Å². The molecule has 2 heterocycles. The van der Waals surface area contributed by atoms with E-state index in [1.165, 1.54) is 6.07 Å². The molecule has 0 radical (unpaired) electrons. The number of benzene rings is 1. The van der Waals surface area contributed by atoms with Crippen LogP contribution in [-0.4, -0.2) is 14.6 Å². The predicted octanol–water partition coefficient (Wildman–Crippen LogP) is 4.55. The molecule has 0 aliphatic rings. The van der Waals surface area contributed by atoms with E-state index in [0.29, 0.717) is 22.0 Å². The van der Waals surface area contributed by atoms with E-state index in [-0.39, 0.29) is 5.82 Å². The fraction of sp³-hybridized carbons (Fsp3) is 0.200. The van der Waals surface area contributed by atoms with Crippen molar-refractivity contribution in [2.24, 2.45) is 0 Å². The zero-order valence-corrected chi connectivity index (χ0v) is 13.1. The van der Waals surface area contributed by atoms with Crippen LogP contribution >= 0.6 is 15.9 Å². The van der Waals surface area contributed by atoms with E-state index in [4.69, 9.17) is 4.74 Å². The molecule has 0 amide bonds. The van der Waals surface area contributed by atoms with E-state index in [2.05, 4.69) is 39.9 Å². The molecule has 0 atom stereocenters. The largest absolute Gasteiger partial charge is 0.437 e. The third-order valence-electron chi connectivity index (χ3n) is 3.07. The summed E-state index contributed by atoms with van der Waals surface area (Å²) < 4.78 is 21.3. The maximum atomic E-state index is 13.5. The zero-order chi connectivity index (χ0) is 15.0. The van der Waals surface area contributed by atoms with Gasteiger partial charge >= 0.3 is 0 Å². The van der Waals surface area contributed by atoms with Crippen LogP contribution in [0.3, 0.4) is 0 Å². The standard InChI is InChI=1S/C15H13BrFN3O/c1-9(2)13-8-14-15(18-5-6-20(14)19-13)21-10-3-4-11(16)12(17)7-10/h3-9H,1-2H3. The zero-order valence-electron chi connectivity index (χ0n) is 11.5. The lowest BCUT2D eigenvalue weighted by Crippen LogP contribution is -1.94. The van der Waals surface area contributed by atoms with Gasteiger partial charge in [0.25, 0.3) is 0 Å². The van der Waals surface area contributed by atoms with Gasteiger partial charge in [-0.15, -0.1) is 0 Å². The number of halogens is 2. The van der Waals surface area contributed by atoms with Crippen LogP contribution in [0, 0.1) is 5.82 Å². The first-order valence-corrected chi connectivity index (χ1v) is 7.31. The van der Waals surface area contributed by atoms with Crippen molar-refractivity contribution in [2.75, 3.05) is 0 Å². The molecule has 2 aromatic heterocycles. The average Bonchev–Trinajstić information content (AvgIpc) is 2.88. The van der Waals surface area contributed by atoms with Gasteiger partial charge in [-0.05, 0) is 40.0 Å². The number of hydrogen-bond acceptors (Lipinski definition) is 3. The molecular weight excluding hydrogens is 337 g/mol. The Balaban J connectivity index is 2.01. The molecule has 3 rings (SSSR count). The van der Waals surface area contributed by atoms with Gasteiger partial charge in [-0.25, -0.2) is 13.9 Å². The molecule has 0 N–H and O–H groups in total. The van der Waals surface area contributed by atoms with Gasteiger partial charge in [0.05, 0.1) is 10.2 Å². The van der Waals surface area contributed by atoms with Crippen molar-refractivity contribution in [2.45, 2.75) is 19.8 Å². The van der Waals surface area contributed by atoms with Crippen LogP contribution in [0.1, 0.15) is 25.5 Å². The molecule has 0 saturated carbocycles. The first-order valence-electron chi connectivity index (χ1n) is 6.52. The first kappa shape index (κ1) is 14.0. The fourth-order valence-corrected chi connectivity index (χ4v) is 2.18. The number of aromatic nitrogens is 3. The summed E-state index contributed by atoms with van der Waals surface area (Å²) in [6.07, 6.45) is 3.37. The number of rotatable bonds is 3. The Hall–Kier alpha value is -1.95. The quantitative estimate of drug-likeness (QED) is 0.696. The Morgan fingerprint density at radius 2 is 2.10 bits per heavy atom. The second-order valence-corrected chi connectivity index (χ2v) is 5.82. The van der Waals surface area contributed by atoms with Crippen molar-refractivity contribution in [1.82, 2.24) is 14.6 Å². The van der Waals surface area contributed by atoms with Gasteiger partial charge in [0, 0.05) is 18.5 Å². The minimum Gasteiger partial charge on any atom is -0.437 e. The highest BCUT2D eigenvalue weighted by atomic mass is 79.9. The third kappa shape index (κ3) is 2.76. The SMILES string of the molecule is CC(C)c1cc2c(Oc3ccc(Br)c(F)c3)nccn2n1. The minimum atomic E-state index is -0.379. The lowest BCUT2D eigenvalue weighted by atomic mass is 10.1. The topological polar surface area (TPSA) is 39.4 Å². The van der Waals surface area contributed by atoms with Gasteiger partial charge in [-0.1, -0.05) is 13.8 Å². The van der Waals surface area contributed by atoms with Crippen LogP contribution in [0.2, 0.25) is 0 Å². The highest BCUT2D eigenvalue weighted by Crippen LogP contribution is 2.28. The molecule has 21 heavy (non-hydrogen) atoms. The van der Waals surface area contributed by atoms with Crippen molar-refractivity contribution in [3.05, 3.63) is 52.6 Å². The summed E-state index contributed by atoms with van der Waals surface area (Å²) in [6.45, 7) is 4.14. The summed E-state index contributed by atoms with van der Waals surface area (Å²) in [6, 6.07) is 6.52. The van der Waals surface area contributed by atoms with Crippen molar-refractivity contribution in [1.29, 1.82) is 0 Å². The second kappa shape index (κ2) is 5.44. The van der Waals surface area contributed by atoms with Crippen molar-refractivity contribution in [3.63, 3.8) is 0 Å². The molecule has 0 bridgehead atoms. The fourth-order valence-electron chi connectivity index (χ4n) is 1.93. The maximum Gasteiger partial charge on any atom is 0.245 e. The van der Waals surface area contributed by atoms with E-state index < -0.39 is 0 Å². The van der Waals surface area contributed by atoms with Gasteiger partial charge in [0.2, 0.25) is 5.88 Å². The highest BCUT2D eigenvalue weighted by Gasteiger charge is 2.12. The van der Waals surface area contributed by atoms with Crippen molar-refractivity contribution < 1.29 is 9.13 Å². The molecule has 0 spiro atoms. The molecule has 6 heteroatoms. The normalized spacial score (nSPS) is 11.3. The van der Waals surface area contributed by atoms with Gasteiger partial charge in [-0.2, -0.15) is 5.10 Å². The highest BCUT2D eigenvalue weighted by molar-refractivity contribution is 9.10. The molecule has 0 aliphatic carbocycles. The Kier molecular flexibility index (Phi) is 3.63. The van der Waals surface area contributed by atoms with Gasteiger partial charge in [-0.3, -0.25) is 0 Å². The molecule has 3 aromatic rings. The summed E-state index contributed by atoms with van der Waals surface area (Å²) >= 11 is 3.11. The molecule has 4 nitrogen and oxygen atoms in total.